The first-order valence-electron chi connectivity index (χ1n) is 6.27. The van der Waals surface area contributed by atoms with Crippen LogP contribution in [0.2, 0.25) is 0 Å². The Kier molecular flexibility index (Phi) is 4.98. The molecular weight excluding hydrogens is 320 g/mol. The van der Waals surface area contributed by atoms with E-state index in [1.807, 2.05) is 37.3 Å². The van der Waals surface area contributed by atoms with Crippen LogP contribution in [0.4, 0.5) is 0 Å². The number of hydrogen-bond donors (Lipinski definition) is 1. The molecule has 2 N–H and O–H groups in total. The van der Waals surface area contributed by atoms with Gasteiger partial charge in [0.15, 0.2) is 11.5 Å². The van der Waals surface area contributed by atoms with Crippen molar-refractivity contribution in [1.82, 2.24) is 4.98 Å². The molecule has 2 aromatic rings. The van der Waals surface area contributed by atoms with Gasteiger partial charge in [-0.3, -0.25) is 4.98 Å². The SMILES string of the molecule is COc1cc(C(C)N)ccc1OCc1ccc(Br)cn1. The van der Waals surface area contributed by atoms with Crippen LogP contribution in [0.1, 0.15) is 24.2 Å². The number of halogens is 1. The largest absolute Gasteiger partial charge is 0.493 e. The molecule has 1 aromatic heterocycles. The van der Waals surface area contributed by atoms with Gasteiger partial charge < -0.3 is 15.2 Å². The molecule has 20 heavy (non-hydrogen) atoms. The van der Waals surface area contributed by atoms with E-state index in [1.54, 1.807) is 13.3 Å². The van der Waals surface area contributed by atoms with E-state index in [-0.39, 0.29) is 6.04 Å². The zero-order valence-corrected chi connectivity index (χ0v) is 13.1. The molecule has 0 spiro atoms. The molecule has 106 valence electrons. The monoisotopic (exact) mass is 336 g/mol. The molecule has 0 bridgehead atoms. The predicted molar refractivity (Wildman–Crippen MR) is 81.9 cm³/mol. The summed E-state index contributed by atoms with van der Waals surface area (Å²) in [6, 6.07) is 9.52. The lowest BCUT2D eigenvalue weighted by Gasteiger charge is -2.13. The molecule has 5 heteroatoms. The summed E-state index contributed by atoms with van der Waals surface area (Å²) < 4.78 is 12.0. The number of rotatable bonds is 5. The van der Waals surface area contributed by atoms with E-state index in [0.717, 1.165) is 15.7 Å². The van der Waals surface area contributed by atoms with E-state index in [9.17, 15) is 0 Å². The summed E-state index contributed by atoms with van der Waals surface area (Å²) >= 11 is 3.35. The lowest BCUT2D eigenvalue weighted by Crippen LogP contribution is -2.06. The van der Waals surface area contributed by atoms with E-state index < -0.39 is 0 Å². The van der Waals surface area contributed by atoms with Crippen LogP contribution < -0.4 is 15.2 Å². The quantitative estimate of drug-likeness (QED) is 0.908. The van der Waals surface area contributed by atoms with Crippen LogP contribution in [0.15, 0.2) is 41.0 Å². The normalized spacial score (nSPS) is 12.0. The molecule has 0 aliphatic heterocycles. The van der Waals surface area contributed by atoms with Crippen molar-refractivity contribution in [2.24, 2.45) is 5.73 Å². The maximum Gasteiger partial charge on any atom is 0.161 e. The van der Waals surface area contributed by atoms with Crippen molar-refractivity contribution in [2.75, 3.05) is 7.11 Å². The van der Waals surface area contributed by atoms with Crippen LogP contribution in [-0.4, -0.2) is 12.1 Å². The molecule has 0 aliphatic carbocycles. The molecule has 0 fully saturated rings. The number of benzene rings is 1. The first-order valence-corrected chi connectivity index (χ1v) is 7.06. The van der Waals surface area contributed by atoms with Gasteiger partial charge in [-0.05, 0) is 52.7 Å². The Labute approximate surface area is 127 Å². The standard InChI is InChI=1S/C15H17BrN2O2/c1-10(17)11-3-6-14(15(7-11)19-2)20-9-13-5-4-12(16)8-18-13/h3-8,10H,9,17H2,1-2H3. The van der Waals surface area contributed by atoms with Crippen molar-refractivity contribution < 1.29 is 9.47 Å². The zero-order chi connectivity index (χ0) is 14.5. The lowest BCUT2D eigenvalue weighted by atomic mass is 10.1. The highest BCUT2D eigenvalue weighted by Crippen LogP contribution is 2.30. The minimum atomic E-state index is -0.0360. The van der Waals surface area contributed by atoms with Crippen molar-refractivity contribution in [3.8, 4) is 11.5 Å². The van der Waals surface area contributed by atoms with E-state index in [0.29, 0.717) is 18.1 Å². The number of nitrogens with zero attached hydrogens (tertiary/aromatic N) is 1. The van der Waals surface area contributed by atoms with E-state index >= 15 is 0 Å². The van der Waals surface area contributed by atoms with Gasteiger partial charge in [-0.1, -0.05) is 6.07 Å². The molecule has 2 rings (SSSR count). The molecule has 0 radical (unpaired) electrons. The van der Waals surface area contributed by atoms with Gasteiger partial charge in [0.1, 0.15) is 6.61 Å². The second-order valence-electron chi connectivity index (χ2n) is 4.46. The van der Waals surface area contributed by atoms with Crippen LogP contribution in [0, 0.1) is 0 Å². The highest BCUT2D eigenvalue weighted by molar-refractivity contribution is 9.10. The molecule has 1 unspecified atom stereocenters. The molecule has 1 aromatic carbocycles. The number of nitrogens with two attached hydrogens (primary N) is 1. The number of aromatic nitrogens is 1. The minimum Gasteiger partial charge on any atom is -0.493 e. The number of hydrogen-bond acceptors (Lipinski definition) is 4. The topological polar surface area (TPSA) is 57.4 Å². The Balaban J connectivity index is 2.10. The first-order chi connectivity index (χ1) is 9.60. The molecule has 0 aliphatic rings. The summed E-state index contributed by atoms with van der Waals surface area (Å²) in [5.74, 6) is 1.36. The van der Waals surface area contributed by atoms with Crippen LogP contribution in [0.3, 0.4) is 0 Å². The molecule has 4 nitrogen and oxygen atoms in total. The molecule has 0 amide bonds. The van der Waals surface area contributed by atoms with Crippen LogP contribution >= 0.6 is 15.9 Å². The van der Waals surface area contributed by atoms with Gasteiger partial charge in [-0.15, -0.1) is 0 Å². The van der Waals surface area contributed by atoms with Gasteiger partial charge in [-0.2, -0.15) is 0 Å². The third kappa shape index (κ3) is 3.71. The fourth-order valence-corrected chi connectivity index (χ4v) is 1.96. The minimum absolute atomic E-state index is 0.0360. The van der Waals surface area contributed by atoms with Crippen LogP contribution in [0.5, 0.6) is 11.5 Å². The van der Waals surface area contributed by atoms with Crippen molar-refractivity contribution in [1.29, 1.82) is 0 Å². The maximum atomic E-state index is 5.86. The summed E-state index contributed by atoms with van der Waals surface area (Å²) in [4.78, 5) is 4.26. The second kappa shape index (κ2) is 6.72. The summed E-state index contributed by atoms with van der Waals surface area (Å²) in [5, 5.41) is 0. The number of methoxy groups -OCH3 is 1. The van der Waals surface area contributed by atoms with Crippen LogP contribution in [0.25, 0.3) is 0 Å². The molecule has 0 saturated heterocycles. The van der Waals surface area contributed by atoms with Crippen molar-refractivity contribution in [3.05, 3.63) is 52.3 Å². The van der Waals surface area contributed by atoms with Gasteiger partial charge in [0.25, 0.3) is 0 Å². The van der Waals surface area contributed by atoms with E-state index in [2.05, 4.69) is 20.9 Å². The Morgan fingerprint density at radius 1 is 1.25 bits per heavy atom. The smallest absolute Gasteiger partial charge is 0.161 e. The number of pyridine rings is 1. The maximum absolute atomic E-state index is 5.86. The fraction of sp³-hybridized carbons (Fsp3) is 0.267. The molecule has 1 atom stereocenters. The van der Waals surface area contributed by atoms with Gasteiger partial charge in [0.05, 0.1) is 12.8 Å². The number of ether oxygens (including phenoxy) is 2. The van der Waals surface area contributed by atoms with Gasteiger partial charge in [0.2, 0.25) is 0 Å². The lowest BCUT2D eigenvalue weighted by molar-refractivity contribution is 0.280. The van der Waals surface area contributed by atoms with Gasteiger partial charge >= 0.3 is 0 Å². The Hall–Kier alpha value is -1.59. The Morgan fingerprint density at radius 2 is 2.05 bits per heavy atom. The van der Waals surface area contributed by atoms with Crippen molar-refractivity contribution in [3.63, 3.8) is 0 Å². The Morgan fingerprint density at radius 3 is 2.65 bits per heavy atom. The van der Waals surface area contributed by atoms with Gasteiger partial charge in [-0.25, -0.2) is 0 Å². The Bertz CT molecular complexity index is 571. The zero-order valence-electron chi connectivity index (χ0n) is 11.5. The van der Waals surface area contributed by atoms with E-state index in [1.165, 1.54) is 0 Å². The highest BCUT2D eigenvalue weighted by atomic mass is 79.9. The summed E-state index contributed by atoms with van der Waals surface area (Å²) in [6.45, 7) is 2.32. The van der Waals surface area contributed by atoms with E-state index in [4.69, 9.17) is 15.2 Å². The molecule has 0 saturated carbocycles. The highest BCUT2D eigenvalue weighted by Gasteiger charge is 2.08. The summed E-state index contributed by atoms with van der Waals surface area (Å²) in [5.41, 5.74) is 7.72. The summed E-state index contributed by atoms with van der Waals surface area (Å²) in [6.07, 6.45) is 1.75. The average Bonchev–Trinajstić information content (AvgIpc) is 2.46. The van der Waals surface area contributed by atoms with Gasteiger partial charge in [0, 0.05) is 16.7 Å². The predicted octanol–water partition coefficient (Wildman–Crippen LogP) is 3.45. The fourth-order valence-electron chi connectivity index (χ4n) is 1.73. The first kappa shape index (κ1) is 14.8. The third-order valence-corrected chi connectivity index (χ3v) is 3.35. The average molecular weight is 337 g/mol. The summed E-state index contributed by atoms with van der Waals surface area (Å²) in [7, 11) is 1.62. The molecule has 1 heterocycles. The molecular formula is C15H17BrN2O2. The van der Waals surface area contributed by atoms with Crippen LogP contribution in [-0.2, 0) is 6.61 Å². The van der Waals surface area contributed by atoms with Crippen molar-refractivity contribution in [2.45, 2.75) is 19.6 Å². The third-order valence-electron chi connectivity index (χ3n) is 2.88. The second-order valence-corrected chi connectivity index (χ2v) is 5.37. The van der Waals surface area contributed by atoms with Crippen molar-refractivity contribution >= 4 is 15.9 Å².